The number of phenols is 1. The predicted molar refractivity (Wildman–Crippen MR) is 184 cm³/mol. The molecule has 4 aliphatic rings. The highest BCUT2D eigenvalue weighted by atomic mass is 35.5. The van der Waals surface area contributed by atoms with E-state index in [2.05, 4.69) is 0 Å². The Balaban J connectivity index is 1.36. The van der Waals surface area contributed by atoms with Gasteiger partial charge in [0, 0.05) is 27.5 Å². The summed E-state index contributed by atoms with van der Waals surface area (Å²) in [6.45, 7) is 0. The minimum Gasteiger partial charge on any atom is -0.508 e. The number of anilines is 1. The van der Waals surface area contributed by atoms with Crippen molar-refractivity contribution < 1.29 is 24.3 Å². The minimum atomic E-state index is -1.39. The topological polar surface area (TPSA) is 91.8 Å². The summed E-state index contributed by atoms with van der Waals surface area (Å²) in [5.41, 5.74) is 2.06. The Morgan fingerprint density at radius 3 is 2.15 bits per heavy atom. The van der Waals surface area contributed by atoms with Gasteiger partial charge in [-0.15, -0.1) is 0 Å². The van der Waals surface area contributed by atoms with Crippen molar-refractivity contribution in [3.05, 3.63) is 148 Å². The van der Waals surface area contributed by atoms with Crippen molar-refractivity contribution in [2.24, 2.45) is 23.7 Å². The van der Waals surface area contributed by atoms with Crippen LogP contribution >= 0.6 is 23.2 Å². The van der Waals surface area contributed by atoms with Crippen LogP contribution in [0.4, 0.5) is 5.69 Å². The summed E-state index contributed by atoms with van der Waals surface area (Å²) >= 11 is 13.0. The second-order valence-corrected chi connectivity index (χ2v) is 13.8. The van der Waals surface area contributed by atoms with E-state index in [4.69, 9.17) is 23.2 Å². The maximum absolute atomic E-state index is 15.0. The zero-order valence-corrected chi connectivity index (χ0v) is 27.1. The number of phenolic OH excluding ortho intramolecular Hbond substituents is 1. The van der Waals surface area contributed by atoms with Crippen molar-refractivity contribution in [3.63, 3.8) is 0 Å². The van der Waals surface area contributed by atoms with Crippen molar-refractivity contribution in [3.8, 4) is 5.75 Å². The molecule has 6 atom stereocenters. The number of allylic oxidation sites excluding steroid dienone is 4. The zero-order valence-electron chi connectivity index (χ0n) is 25.6. The monoisotopic (exact) mass is 673 g/mol. The number of fused-ring (bicyclic) bond motifs is 4. The van der Waals surface area contributed by atoms with Gasteiger partial charge in [-0.05, 0) is 77.9 Å². The number of halogens is 2. The van der Waals surface area contributed by atoms with Crippen molar-refractivity contribution >= 4 is 57.8 Å². The second kappa shape index (κ2) is 11.4. The first-order chi connectivity index (χ1) is 23.2. The maximum Gasteiger partial charge on any atom is 0.238 e. The number of nitrogens with zero attached hydrogens (tertiary/aromatic N) is 1. The molecule has 2 amide bonds. The average Bonchev–Trinajstić information content (AvgIpc) is 3.36. The number of hydrogen-bond donors (Lipinski definition) is 1. The molecule has 6 nitrogen and oxygen atoms in total. The lowest BCUT2D eigenvalue weighted by Crippen LogP contribution is -2.58. The van der Waals surface area contributed by atoms with E-state index >= 15 is 4.79 Å². The van der Waals surface area contributed by atoms with E-state index in [-0.39, 0.29) is 40.6 Å². The second-order valence-electron chi connectivity index (χ2n) is 13.0. The first-order valence-electron chi connectivity index (χ1n) is 15.9. The lowest BCUT2D eigenvalue weighted by atomic mass is 9.44. The van der Waals surface area contributed by atoms with Crippen LogP contribution in [0.25, 0.3) is 5.57 Å². The van der Waals surface area contributed by atoms with E-state index in [9.17, 15) is 19.5 Å². The molecule has 2 fully saturated rings. The number of amides is 2. The van der Waals surface area contributed by atoms with E-state index in [0.29, 0.717) is 39.4 Å². The molecule has 48 heavy (non-hydrogen) atoms. The van der Waals surface area contributed by atoms with E-state index in [0.717, 1.165) is 5.57 Å². The smallest absolute Gasteiger partial charge is 0.238 e. The molecule has 3 aliphatic carbocycles. The number of ketones is 2. The summed E-state index contributed by atoms with van der Waals surface area (Å²) in [5, 5.41) is 11.1. The van der Waals surface area contributed by atoms with Gasteiger partial charge in [0.2, 0.25) is 11.8 Å². The molecule has 6 unspecified atom stereocenters. The summed E-state index contributed by atoms with van der Waals surface area (Å²) in [5.74, 6) is -4.62. The molecule has 1 heterocycles. The molecule has 8 rings (SSSR count). The minimum absolute atomic E-state index is 0.0356. The van der Waals surface area contributed by atoms with E-state index in [1.165, 1.54) is 23.1 Å². The highest BCUT2D eigenvalue weighted by molar-refractivity contribution is 6.33. The highest BCUT2D eigenvalue weighted by Gasteiger charge is 2.66. The molecule has 1 saturated heterocycles. The summed E-state index contributed by atoms with van der Waals surface area (Å²) in [7, 11) is 0. The molecule has 1 saturated carbocycles. The van der Waals surface area contributed by atoms with Gasteiger partial charge in [0.25, 0.3) is 0 Å². The third-order valence-corrected chi connectivity index (χ3v) is 11.3. The first-order valence-corrected chi connectivity index (χ1v) is 16.7. The van der Waals surface area contributed by atoms with E-state index in [1.807, 2.05) is 66.7 Å². The Kier molecular flexibility index (Phi) is 7.27. The highest BCUT2D eigenvalue weighted by Crippen LogP contribution is 2.64. The fourth-order valence-electron chi connectivity index (χ4n) is 8.81. The van der Waals surface area contributed by atoms with Gasteiger partial charge in [-0.2, -0.15) is 0 Å². The Morgan fingerprint density at radius 2 is 1.46 bits per heavy atom. The fourth-order valence-corrected chi connectivity index (χ4v) is 9.22. The van der Waals surface area contributed by atoms with Crippen molar-refractivity contribution in [2.75, 3.05) is 4.90 Å². The van der Waals surface area contributed by atoms with Crippen LogP contribution in [0.1, 0.15) is 35.4 Å². The number of rotatable bonds is 4. The third kappa shape index (κ3) is 4.39. The predicted octanol–water partition coefficient (Wildman–Crippen LogP) is 7.73. The van der Waals surface area contributed by atoms with Crippen LogP contribution in [0.5, 0.6) is 5.75 Å². The van der Waals surface area contributed by atoms with Gasteiger partial charge in [-0.1, -0.05) is 102 Å². The van der Waals surface area contributed by atoms with Crippen LogP contribution in [-0.2, 0) is 24.6 Å². The largest absolute Gasteiger partial charge is 0.508 e. The van der Waals surface area contributed by atoms with Crippen molar-refractivity contribution in [1.29, 1.82) is 0 Å². The molecule has 0 radical (unpaired) electrons. The normalized spacial score (nSPS) is 28.0. The molecular formula is C40H29Cl2NO5. The van der Waals surface area contributed by atoms with Crippen LogP contribution in [0.2, 0.25) is 10.0 Å². The Morgan fingerprint density at radius 1 is 0.771 bits per heavy atom. The zero-order chi connectivity index (χ0) is 33.3. The summed E-state index contributed by atoms with van der Waals surface area (Å²) < 4.78 is 0. The molecular weight excluding hydrogens is 645 g/mol. The van der Waals surface area contributed by atoms with Crippen LogP contribution in [0, 0.1) is 23.7 Å². The summed E-state index contributed by atoms with van der Waals surface area (Å²) in [6.07, 6.45) is 3.95. The van der Waals surface area contributed by atoms with Gasteiger partial charge in [0.15, 0.2) is 11.6 Å². The Labute approximate surface area is 287 Å². The van der Waals surface area contributed by atoms with Gasteiger partial charge in [-0.3, -0.25) is 24.1 Å². The number of carbonyl (C=O) groups is 4. The number of hydrogen-bond acceptors (Lipinski definition) is 5. The maximum atomic E-state index is 15.0. The molecule has 0 aromatic heterocycles. The van der Waals surface area contributed by atoms with Crippen molar-refractivity contribution in [1.82, 2.24) is 0 Å². The van der Waals surface area contributed by atoms with E-state index in [1.54, 1.807) is 30.3 Å². The quantitative estimate of drug-likeness (QED) is 0.177. The van der Waals surface area contributed by atoms with Gasteiger partial charge >= 0.3 is 0 Å². The third-order valence-electron chi connectivity index (χ3n) is 10.8. The molecule has 238 valence electrons. The SMILES string of the molecule is O=C1C(c2ccccc2)=CC(=O)C2(c3ccccc3)C1CC1C(=CCC3C(=O)N(c4ccc(Cl)cc4)C(=O)C31)C2c1ccc(O)cc1Cl. The van der Waals surface area contributed by atoms with Gasteiger partial charge in [0.1, 0.15) is 5.75 Å². The Bertz CT molecular complexity index is 2070. The van der Waals surface area contributed by atoms with E-state index < -0.39 is 35.0 Å². The van der Waals surface area contributed by atoms with Crippen LogP contribution in [0.15, 0.2) is 121 Å². The molecule has 1 aliphatic heterocycles. The first kappa shape index (κ1) is 30.5. The molecule has 8 heteroatoms. The number of imide groups is 1. The summed E-state index contributed by atoms with van der Waals surface area (Å²) in [6, 6.07) is 29.7. The lowest BCUT2D eigenvalue weighted by molar-refractivity contribution is -0.135. The number of carbonyl (C=O) groups excluding carboxylic acids is 4. The molecule has 0 bridgehead atoms. The van der Waals surface area contributed by atoms with Gasteiger partial charge in [0.05, 0.1) is 22.9 Å². The average molecular weight is 675 g/mol. The van der Waals surface area contributed by atoms with Crippen LogP contribution < -0.4 is 4.90 Å². The number of Topliss-reactive ketones (excluding diaryl/α,β-unsaturated/α-hetero) is 1. The number of benzene rings is 4. The van der Waals surface area contributed by atoms with Gasteiger partial charge in [-0.25, -0.2) is 0 Å². The molecule has 0 spiro atoms. The molecule has 4 aromatic carbocycles. The number of aromatic hydroxyl groups is 1. The molecule has 4 aromatic rings. The fraction of sp³-hybridized carbons (Fsp3) is 0.200. The lowest BCUT2D eigenvalue weighted by Gasteiger charge is -2.55. The summed E-state index contributed by atoms with van der Waals surface area (Å²) in [4.78, 5) is 59.6. The van der Waals surface area contributed by atoms with Crippen LogP contribution in [0.3, 0.4) is 0 Å². The molecule has 1 N–H and O–H groups in total. The van der Waals surface area contributed by atoms with Gasteiger partial charge < -0.3 is 5.11 Å². The van der Waals surface area contributed by atoms with Crippen molar-refractivity contribution in [2.45, 2.75) is 24.2 Å². The van der Waals surface area contributed by atoms with Crippen LogP contribution in [-0.4, -0.2) is 28.5 Å². The Hall–Kier alpha value is -4.78. The standard InChI is InChI=1S/C40H29Cl2NO5/c41-24-11-13-25(14-12-24)43-38(47)29-18-17-27-31(35(29)39(43)48)20-32-37(46)30(22-7-3-1-4-8-22)21-34(45)40(32,23-9-5-2-6-10-23)36(27)28-16-15-26(44)19-33(28)42/h1-17,19,21,29,31-32,35-36,44H,18,20H2.